The molecule has 0 aliphatic carbocycles. The molecule has 0 aliphatic rings. The fraction of sp³-hybridized carbons (Fsp3) is 0.400. The van der Waals surface area contributed by atoms with E-state index in [9.17, 15) is 8.78 Å². The van der Waals surface area contributed by atoms with Crippen molar-refractivity contribution in [2.24, 2.45) is 0 Å². The fourth-order valence-electron chi connectivity index (χ4n) is 1.07. The maximum atomic E-state index is 13.2. The van der Waals surface area contributed by atoms with E-state index >= 15 is 0 Å². The highest BCUT2D eigenvalue weighted by atomic mass is 19.1. The Kier molecular flexibility index (Phi) is 4.16. The van der Waals surface area contributed by atoms with Gasteiger partial charge in [-0.1, -0.05) is 0 Å². The molecule has 0 aromatic heterocycles. The van der Waals surface area contributed by atoms with Crippen molar-refractivity contribution in [2.75, 3.05) is 25.1 Å². The average molecular weight is 201 g/mol. The zero-order valence-electron chi connectivity index (χ0n) is 8.02. The Hall–Kier alpha value is -1.32. The zero-order valence-corrected chi connectivity index (χ0v) is 8.02. The maximum absolute atomic E-state index is 13.2. The van der Waals surface area contributed by atoms with E-state index in [4.69, 9.17) is 4.74 Å². The Morgan fingerprint density at radius 2 is 2.21 bits per heavy atom. The zero-order chi connectivity index (χ0) is 10.4. The second-order valence-corrected chi connectivity index (χ2v) is 2.69. The molecule has 1 aromatic carbocycles. The first-order chi connectivity index (χ1) is 6.77. The summed E-state index contributed by atoms with van der Waals surface area (Å²) in [4.78, 5) is 0. The van der Waals surface area contributed by atoms with Crippen LogP contribution in [0.2, 0.25) is 0 Å². The number of ether oxygens (including phenoxy) is 1. The van der Waals surface area contributed by atoms with Gasteiger partial charge in [-0.3, -0.25) is 0 Å². The van der Waals surface area contributed by atoms with Crippen LogP contribution in [-0.2, 0) is 0 Å². The van der Waals surface area contributed by atoms with Gasteiger partial charge in [0.1, 0.15) is 6.67 Å². The molecule has 2 nitrogen and oxygen atoms in total. The molecule has 0 saturated carbocycles. The van der Waals surface area contributed by atoms with E-state index in [0.29, 0.717) is 12.3 Å². The number of nitrogens with one attached hydrogen (secondary N) is 1. The van der Waals surface area contributed by atoms with Gasteiger partial charge in [0.05, 0.1) is 6.61 Å². The molecule has 0 amide bonds. The first-order valence-corrected chi connectivity index (χ1v) is 4.50. The molecule has 1 N–H and O–H groups in total. The van der Waals surface area contributed by atoms with Crippen LogP contribution in [0.25, 0.3) is 0 Å². The monoisotopic (exact) mass is 201 g/mol. The Morgan fingerprint density at radius 3 is 2.79 bits per heavy atom. The van der Waals surface area contributed by atoms with Crippen LogP contribution in [0.5, 0.6) is 5.75 Å². The third-order valence-electron chi connectivity index (χ3n) is 1.66. The molecular weight excluding hydrogens is 188 g/mol. The summed E-state index contributed by atoms with van der Waals surface area (Å²) in [5.41, 5.74) is 0.559. The quantitative estimate of drug-likeness (QED) is 0.790. The van der Waals surface area contributed by atoms with Crippen molar-refractivity contribution in [3.05, 3.63) is 24.0 Å². The molecule has 14 heavy (non-hydrogen) atoms. The molecule has 0 heterocycles. The van der Waals surface area contributed by atoms with Gasteiger partial charge in [0, 0.05) is 18.3 Å². The van der Waals surface area contributed by atoms with Crippen LogP contribution >= 0.6 is 0 Å². The van der Waals surface area contributed by atoms with E-state index in [1.807, 2.05) is 0 Å². The number of benzene rings is 1. The first kappa shape index (κ1) is 10.8. The van der Waals surface area contributed by atoms with Crippen molar-refractivity contribution in [3.8, 4) is 5.75 Å². The average Bonchev–Trinajstić information content (AvgIpc) is 2.19. The summed E-state index contributed by atoms with van der Waals surface area (Å²) in [6.07, 6.45) is 0. The molecule has 0 spiro atoms. The highest BCUT2D eigenvalue weighted by Crippen LogP contribution is 2.20. The van der Waals surface area contributed by atoms with Crippen LogP contribution in [0.15, 0.2) is 18.2 Å². The lowest BCUT2D eigenvalue weighted by Crippen LogP contribution is -2.03. The van der Waals surface area contributed by atoms with Gasteiger partial charge < -0.3 is 10.1 Å². The summed E-state index contributed by atoms with van der Waals surface area (Å²) in [5, 5.41) is 2.73. The van der Waals surface area contributed by atoms with Gasteiger partial charge in [-0.05, 0) is 19.1 Å². The second-order valence-electron chi connectivity index (χ2n) is 2.69. The van der Waals surface area contributed by atoms with Gasteiger partial charge in [0.2, 0.25) is 0 Å². The SMILES string of the molecule is CCOc1ccc(NCCF)cc1F. The predicted molar refractivity (Wildman–Crippen MR) is 52.0 cm³/mol. The molecule has 0 fully saturated rings. The van der Waals surface area contributed by atoms with Crippen molar-refractivity contribution in [1.29, 1.82) is 0 Å². The number of anilines is 1. The molecule has 0 atom stereocenters. The molecule has 78 valence electrons. The molecule has 1 rings (SSSR count). The lowest BCUT2D eigenvalue weighted by molar-refractivity contribution is 0.321. The molecule has 0 radical (unpaired) electrons. The number of hydrogen-bond acceptors (Lipinski definition) is 2. The van der Waals surface area contributed by atoms with Crippen LogP contribution in [0.1, 0.15) is 6.92 Å². The lowest BCUT2D eigenvalue weighted by Gasteiger charge is -2.07. The van der Waals surface area contributed by atoms with Gasteiger partial charge >= 0.3 is 0 Å². The maximum Gasteiger partial charge on any atom is 0.167 e. The Labute approximate surface area is 81.9 Å². The Balaban J connectivity index is 2.68. The summed E-state index contributed by atoms with van der Waals surface area (Å²) in [5.74, 6) is -0.214. The van der Waals surface area contributed by atoms with Crippen molar-refractivity contribution in [1.82, 2.24) is 0 Å². The van der Waals surface area contributed by atoms with E-state index in [1.54, 1.807) is 13.0 Å². The summed E-state index contributed by atoms with van der Waals surface area (Å²) < 4.78 is 30.0. The molecule has 0 aliphatic heterocycles. The number of alkyl halides is 1. The number of hydrogen-bond donors (Lipinski definition) is 1. The Bertz CT molecular complexity index is 291. The minimum Gasteiger partial charge on any atom is -0.491 e. The third-order valence-corrected chi connectivity index (χ3v) is 1.66. The van der Waals surface area contributed by atoms with E-state index in [0.717, 1.165) is 0 Å². The lowest BCUT2D eigenvalue weighted by atomic mass is 10.3. The number of rotatable bonds is 5. The normalized spacial score (nSPS) is 9.93. The largest absolute Gasteiger partial charge is 0.491 e. The molecular formula is C10H13F2NO. The predicted octanol–water partition coefficient (Wildman–Crippen LogP) is 2.61. The molecule has 0 unspecified atom stereocenters. The molecule has 0 saturated heterocycles. The number of halogens is 2. The molecule has 0 bridgehead atoms. The van der Waals surface area contributed by atoms with Gasteiger partial charge in [-0.2, -0.15) is 0 Å². The third kappa shape index (κ3) is 2.87. The molecule has 1 aromatic rings. The van der Waals surface area contributed by atoms with E-state index in [-0.39, 0.29) is 12.3 Å². The van der Waals surface area contributed by atoms with Crippen LogP contribution < -0.4 is 10.1 Å². The topological polar surface area (TPSA) is 21.3 Å². The summed E-state index contributed by atoms with van der Waals surface area (Å²) >= 11 is 0. The highest BCUT2D eigenvalue weighted by Gasteiger charge is 2.03. The van der Waals surface area contributed by atoms with Gasteiger partial charge in [0.25, 0.3) is 0 Å². The van der Waals surface area contributed by atoms with Crippen LogP contribution in [-0.4, -0.2) is 19.8 Å². The second kappa shape index (κ2) is 5.42. The van der Waals surface area contributed by atoms with Crippen molar-refractivity contribution >= 4 is 5.69 Å². The first-order valence-electron chi connectivity index (χ1n) is 4.50. The minimum atomic E-state index is -0.477. The summed E-state index contributed by atoms with van der Waals surface area (Å²) in [6, 6.07) is 4.48. The van der Waals surface area contributed by atoms with Crippen LogP contribution in [0, 0.1) is 5.82 Å². The van der Waals surface area contributed by atoms with Gasteiger partial charge in [-0.25, -0.2) is 8.78 Å². The van der Waals surface area contributed by atoms with E-state index in [1.165, 1.54) is 12.1 Å². The fourth-order valence-corrected chi connectivity index (χ4v) is 1.07. The van der Waals surface area contributed by atoms with Crippen LogP contribution in [0.4, 0.5) is 14.5 Å². The smallest absolute Gasteiger partial charge is 0.167 e. The standard InChI is InChI=1S/C10H13F2NO/c1-2-14-10-4-3-8(7-9(10)12)13-6-5-11/h3-4,7,13H,2,5-6H2,1H3. The van der Waals surface area contributed by atoms with Crippen LogP contribution in [0.3, 0.4) is 0 Å². The van der Waals surface area contributed by atoms with Crippen molar-refractivity contribution < 1.29 is 13.5 Å². The minimum absolute atomic E-state index is 0.188. The van der Waals surface area contributed by atoms with Crippen molar-refractivity contribution in [3.63, 3.8) is 0 Å². The molecule has 4 heteroatoms. The van der Waals surface area contributed by atoms with Crippen molar-refractivity contribution in [2.45, 2.75) is 6.92 Å². The summed E-state index contributed by atoms with van der Waals surface area (Å²) in [6.45, 7) is 1.92. The van der Waals surface area contributed by atoms with E-state index < -0.39 is 12.5 Å². The van der Waals surface area contributed by atoms with Gasteiger partial charge in [-0.15, -0.1) is 0 Å². The Morgan fingerprint density at radius 1 is 1.43 bits per heavy atom. The summed E-state index contributed by atoms with van der Waals surface area (Å²) in [7, 11) is 0. The van der Waals surface area contributed by atoms with Gasteiger partial charge in [0.15, 0.2) is 11.6 Å². The highest BCUT2D eigenvalue weighted by molar-refractivity contribution is 5.47. The van der Waals surface area contributed by atoms with E-state index in [2.05, 4.69) is 5.32 Å².